The Kier molecular flexibility index (Phi) is 1.55. The van der Waals surface area contributed by atoms with E-state index in [0.717, 1.165) is 11.1 Å². The third kappa shape index (κ3) is 1.04. The predicted octanol–water partition coefficient (Wildman–Crippen LogP) is 0.681. The van der Waals surface area contributed by atoms with E-state index in [9.17, 15) is 0 Å². The van der Waals surface area contributed by atoms with Gasteiger partial charge in [-0.3, -0.25) is 0 Å². The summed E-state index contributed by atoms with van der Waals surface area (Å²) in [5, 5.41) is 12.2. The second-order valence-corrected chi connectivity index (χ2v) is 3.04. The maximum Gasteiger partial charge on any atom is 0.185 e. The summed E-state index contributed by atoms with van der Waals surface area (Å²) in [4.78, 5) is 4.23. The van der Waals surface area contributed by atoms with Crippen LogP contribution in [-0.4, -0.2) is 32.1 Å². The molecule has 0 aliphatic carbocycles. The Bertz CT molecular complexity index is 633. The van der Waals surface area contributed by atoms with E-state index in [-0.39, 0.29) is 0 Å². The van der Waals surface area contributed by atoms with Crippen molar-refractivity contribution in [2.24, 2.45) is 0 Å². The number of aromatic nitrogens is 5. The van der Waals surface area contributed by atoms with Crippen LogP contribution in [0.25, 0.3) is 16.7 Å². The number of ether oxygens (including phenoxy) is 1. The second kappa shape index (κ2) is 2.88. The summed E-state index contributed by atoms with van der Waals surface area (Å²) in [7, 11) is 1.61. The van der Waals surface area contributed by atoms with Crippen molar-refractivity contribution >= 4 is 16.7 Å². The molecule has 0 bridgehead atoms. The van der Waals surface area contributed by atoms with Crippen molar-refractivity contribution in [1.29, 1.82) is 0 Å². The predicted molar refractivity (Wildman–Crippen MR) is 52.6 cm³/mol. The van der Waals surface area contributed by atoms with E-state index in [1.165, 1.54) is 0 Å². The fourth-order valence-electron chi connectivity index (χ4n) is 1.56. The molecule has 0 aliphatic heterocycles. The van der Waals surface area contributed by atoms with Gasteiger partial charge in [0.1, 0.15) is 5.75 Å². The van der Waals surface area contributed by atoms with Crippen LogP contribution in [0.4, 0.5) is 0 Å². The molecular weight excluding hydrogens is 194 g/mol. The van der Waals surface area contributed by atoms with Gasteiger partial charge in [0.15, 0.2) is 11.3 Å². The molecule has 3 rings (SSSR count). The molecule has 3 aromatic rings. The Morgan fingerprint density at radius 1 is 1.40 bits per heavy atom. The summed E-state index contributed by atoms with van der Waals surface area (Å²) in [5.41, 5.74) is 1.31. The van der Waals surface area contributed by atoms with E-state index in [2.05, 4.69) is 20.5 Å². The Morgan fingerprint density at radius 2 is 2.33 bits per heavy atom. The average molecular weight is 201 g/mol. The zero-order chi connectivity index (χ0) is 10.3. The van der Waals surface area contributed by atoms with Gasteiger partial charge in [-0.1, -0.05) is 0 Å². The first-order valence-electron chi connectivity index (χ1n) is 4.40. The number of methoxy groups -OCH3 is 1. The molecule has 15 heavy (non-hydrogen) atoms. The first-order chi connectivity index (χ1) is 7.40. The molecule has 3 heterocycles. The minimum absolute atomic E-state index is 0.623. The summed E-state index contributed by atoms with van der Waals surface area (Å²) in [6, 6.07) is 5.55. The molecule has 0 saturated carbocycles. The van der Waals surface area contributed by atoms with Crippen molar-refractivity contribution in [1.82, 2.24) is 25.0 Å². The van der Waals surface area contributed by atoms with Crippen LogP contribution in [0.1, 0.15) is 0 Å². The number of rotatable bonds is 1. The Hall–Kier alpha value is -2.24. The van der Waals surface area contributed by atoms with Crippen molar-refractivity contribution < 1.29 is 4.74 Å². The second-order valence-electron chi connectivity index (χ2n) is 3.04. The molecule has 0 saturated heterocycles. The van der Waals surface area contributed by atoms with Crippen LogP contribution in [-0.2, 0) is 0 Å². The maximum atomic E-state index is 5.26. The Morgan fingerprint density at radius 3 is 3.20 bits per heavy atom. The highest BCUT2D eigenvalue weighted by molar-refractivity contribution is 5.84. The van der Waals surface area contributed by atoms with E-state index in [0.29, 0.717) is 11.3 Å². The van der Waals surface area contributed by atoms with Crippen molar-refractivity contribution in [2.45, 2.75) is 0 Å². The lowest BCUT2D eigenvalue weighted by Crippen LogP contribution is -1.96. The van der Waals surface area contributed by atoms with Gasteiger partial charge in [-0.25, -0.2) is 4.98 Å². The van der Waals surface area contributed by atoms with E-state index < -0.39 is 0 Å². The highest BCUT2D eigenvalue weighted by Gasteiger charge is 2.09. The zero-order valence-electron chi connectivity index (χ0n) is 7.95. The first-order valence-corrected chi connectivity index (χ1v) is 4.40. The van der Waals surface area contributed by atoms with Crippen LogP contribution in [0, 0.1) is 0 Å². The van der Waals surface area contributed by atoms with Crippen molar-refractivity contribution in [3.8, 4) is 5.75 Å². The van der Waals surface area contributed by atoms with E-state index in [1.807, 2.05) is 12.1 Å². The third-order valence-electron chi connectivity index (χ3n) is 2.23. The smallest absolute Gasteiger partial charge is 0.185 e. The standard InChI is InChI=1S/C9H7N5O/c1-15-7-5-8-11-12-13-14(8)9-6(7)3-2-4-10-9/h2-5H,1H3. The van der Waals surface area contributed by atoms with Crippen LogP contribution < -0.4 is 4.74 Å². The Balaban J connectivity index is 2.58. The van der Waals surface area contributed by atoms with E-state index >= 15 is 0 Å². The summed E-state index contributed by atoms with van der Waals surface area (Å²) in [5.74, 6) is 0.723. The van der Waals surface area contributed by atoms with Gasteiger partial charge in [0.2, 0.25) is 0 Å². The first kappa shape index (κ1) is 8.10. The monoisotopic (exact) mass is 201 g/mol. The normalized spacial score (nSPS) is 11.0. The molecule has 0 N–H and O–H groups in total. The van der Waals surface area contributed by atoms with Crippen LogP contribution in [0.2, 0.25) is 0 Å². The minimum Gasteiger partial charge on any atom is -0.496 e. The Labute approximate surface area is 84.5 Å². The van der Waals surface area contributed by atoms with Gasteiger partial charge in [0.25, 0.3) is 0 Å². The molecule has 0 spiro atoms. The van der Waals surface area contributed by atoms with Gasteiger partial charge in [0, 0.05) is 12.3 Å². The fourth-order valence-corrected chi connectivity index (χ4v) is 1.56. The number of hydrogen-bond donors (Lipinski definition) is 0. The van der Waals surface area contributed by atoms with Crippen molar-refractivity contribution in [2.75, 3.05) is 7.11 Å². The van der Waals surface area contributed by atoms with Crippen LogP contribution in [0.3, 0.4) is 0 Å². The topological polar surface area (TPSA) is 65.2 Å². The lowest BCUT2D eigenvalue weighted by molar-refractivity contribution is 0.419. The SMILES string of the molecule is COc1cc2nnnn2c2ncccc12. The van der Waals surface area contributed by atoms with E-state index in [1.54, 1.807) is 23.9 Å². The molecule has 0 unspecified atom stereocenters. The number of fused-ring (bicyclic) bond motifs is 3. The molecule has 6 nitrogen and oxygen atoms in total. The summed E-state index contributed by atoms with van der Waals surface area (Å²) in [6.45, 7) is 0. The van der Waals surface area contributed by atoms with Crippen LogP contribution in [0.5, 0.6) is 5.75 Å². The van der Waals surface area contributed by atoms with Gasteiger partial charge in [-0.05, 0) is 22.6 Å². The molecule has 6 heteroatoms. The number of nitrogens with zero attached hydrogens (tertiary/aromatic N) is 5. The summed E-state index contributed by atoms with van der Waals surface area (Å²) < 4.78 is 6.84. The summed E-state index contributed by atoms with van der Waals surface area (Å²) in [6.07, 6.45) is 1.70. The van der Waals surface area contributed by atoms with E-state index in [4.69, 9.17) is 4.74 Å². The quantitative estimate of drug-likeness (QED) is 0.579. The largest absolute Gasteiger partial charge is 0.496 e. The fraction of sp³-hybridized carbons (Fsp3) is 0.111. The molecular formula is C9H7N5O. The average Bonchev–Trinajstić information content (AvgIpc) is 2.76. The zero-order valence-corrected chi connectivity index (χ0v) is 7.95. The molecule has 3 aromatic heterocycles. The molecule has 0 radical (unpaired) electrons. The van der Waals surface area contributed by atoms with Gasteiger partial charge in [0.05, 0.1) is 12.5 Å². The third-order valence-corrected chi connectivity index (χ3v) is 2.23. The number of pyridine rings is 2. The highest BCUT2D eigenvalue weighted by Crippen LogP contribution is 2.24. The van der Waals surface area contributed by atoms with Gasteiger partial charge in [-0.15, -0.1) is 5.10 Å². The van der Waals surface area contributed by atoms with Gasteiger partial charge in [-0.2, -0.15) is 4.52 Å². The molecule has 0 amide bonds. The molecule has 74 valence electrons. The van der Waals surface area contributed by atoms with Crippen molar-refractivity contribution in [3.05, 3.63) is 24.4 Å². The molecule has 0 atom stereocenters. The lowest BCUT2D eigenvalue weighted by Gasteiger charge is -2.04. The van der Waals surface area contributed by atoms with Gasteiger partial charge < -0.3 is 4.74 Å². The molecule has 0 aromatic carbocycles. The minimum atomic E-state index is 0.623. The highest BCUT2D eigenvalue weighted by atomic mass is 16.5. The lowest BCUT2D eigenvalue weighted by atomic mass is 10.2. The maximum absolute atomic E-state index is 5.26. The number of hydrogen-bond acceptors (Lipinski definition) is 5. The summed E-state index contributed by atoms with van der Waals surface area (Å²) >= 11 is 0. The van der Waals surface area contributed by atoms with Crippen LogP contribution in [0.15, 0.2) is 24.4 Å². The molecule has 0 aliphatic rings. The van der Waals surface area contributed by atoms with Crippen molar-refractivity contribution in [3.63, 3.8) is 0 Å². The van der Waals surface area contributed by atoms with Gasteiger partial charge >= 0.3 is 0 Å². The molecule has 0 fully saturated rings. The number of tetrazole rings is 1. The van der Waals surface area contributed by atoms with Crippen LogP contribution >= 0.6 is 0 Å².